The Kier molecular flexibility index (Phi) is 3.87. The van der Waals surface area contributed by atoms with Gasteiger partial charge in [0.2, 0.25) is 5.91 Å². The van der Waals surface area contributed by atoms with E-state index in [2.05, 4.69) is 0 Å². The molecule has 1 saturated carbocycles. The zero-order chi connectivity index (χ0) is 15.0. The fourth-order valence-electron chi connectivity index (χ4n) is 2.75. The fourth-order valence-corrected chi connectivity index (χ4v) is 3.01. The van der Waals surface area contributed by atoms with Gasteiger partial charge in [-0.3, -0.25) is 9.59 Å². The number of hydrogen-bond donors (Lipinski definition) is 1. The first kappa shape index (κ1) is 14.4. The molecule has 1 amide bonds. The van der Waals surface area contributed by atoms with E-state index >= 15 is 0 Å². The summed E-state index contributed by atoms with van der Waals surface area (Å²) in [6, 6.07) is 7.41. The third-order valence-corrected chi connectivity index (χ3v) is 4.40. The Morgan fingerprint density at radius 2 is 2.05 bits per heavy atom. The molecular weight excluding hydrogens is 294 g/mol. The fraction of sp³-hybridized carbons (Fsp3) is 0.467. The first-order chi connectivity index (χ1) is 10.1. The highest BCUT2D eigenvalue weighted by Crippen LogP contribution is 2.41. The minimum absolute atomic E-state index is 0.0808. The predicted molar refractivity (Wildman–Crippen MR) is 76.0 cm³/mol. The summed E-state index contributed by atoms with van der Waals surface area (Å²) in [6.07, 6.45) is 0.195. The number of morpholine rings is 1. The van der Waals surface area contributed by atoms with E-state index in [0.29, 0.717) is 31.1 Å². The number of carboxylic acids is 1. The maximum absolute atomic E-state index is 12.3. The largest absolute Gasteiger partial charge is 0.481 e. The van der Waals surface area contributed by atoms with Gasteiger partial charge in [-0.2, -0.15) is 0 Å². The molecule has 1 aliphatic heterocycles. The van der Waals surface area contributed by atoms with Gasteiger partial charge in [0.15, 0.2) is 0 Å². The lowest BCUT2D eigenvalue weighted by Crippen LogP contribution is -2.43. The van der Waals surface area contributed by atoms with Crippen LogP contribution >= 0.6 is 11.6 Å². The van der Waals surface area contributed by atoms with E-state index in [4.69, 9.17) is 21.4 Å². The van der Waals surface area contributed by atoms with Gasteiger partial charge in [0.1, 0.15) is 6.10 Å². The number of amides is 1. The molecule has 0 unspecified atom stereocenters. The molecule has 1 saturated heterocycles. The first-order valence-corrected chi connectivity index (χ1v) is 7.33. The number of benzene rings is 1. The quantitative estimate of drug-likeness (QED) is 0.927. The monoisotopic (exact) mass is 309 g/mol. The predicted octanol–water partition coefficient (Wildman–Crippen LogP) is 1.96. The lowest BCUT2D eigenvalue weighted by atomic mass is 10.1. The second-order valence-corrected chi connectivity index (χ2v) is 5.86. The van der Waals surface area contributed by atoms with E-state index in [-0.39, 0.29) is 17.9 Å². The number of ether oxygens (including phenoxy) is 1. The van der Waals surface area contributed by atoms with E-state index < -0.39 is 11.9 Å². The smallest absolute Gasteiger partial charge is 0.307 e. The molecule has 1 N–H and O–H groups in total. The van der Waals surface area contributed by atoms with Crippen LogP contribution in [0.1, 0.15) is 18.1 Å². The number of halogens is 1. The van der Waals surface area contributed by atoms with Crippen LogP contribution in [-0.4, -0.2) is 41.6 Å². The van der Waals surface area contributed by atoms with Crippen LogP contribution < -0.4 is 0 Å². The molecule has 3 atom stereocenters. The topological polar surface area (TPSA) is 66.8 Å². The molecule has 2 aliphatic rings. The van der Waals surface area contributed by atoms with Crippen LogP contribution in [0.2, 0.25) is 5.02 Å². The first-order valence-electron chi connectivity index (χ1n) is 6.95. The molecule has 5 nitrogen and oxygen atoms in total. The van der Waals surface area contributed by atoms with Gasteiger partial charge in [-0.1, -0.05) is 29.8 Å². The maximum atomic E-state index is 12.3. The third kappa shape index (κ3) is 2.89. The normalized spacial score (nSPS) is 28.2. The van der Waals surface area contributed by atoms with Gasteiger partial charge in [-0.15, -0.1) is 0 Å². The molecule has 6 heteroatoms. The van der Waals surface area contributed by atoms with Crippen LogP contribution in [0.4, 0.5) is 0 Å². The van der Waals surface area contributed by atoms with Crippen LogP contribution in [0.3, 0.4) is 0 Å². The molecule has 0 spiro atoms. The lowest BCUT2D eigenvalue weighted by Gasteiger charge is -2.33. The molecule has 1 heterocycles. The van der Waals surface area contributed by atoms with Crippen LogP contribution in [0, 0.1) is 11.8 Å². The summed E-state index contributed by atoms with van der Waals surface area (Å²) in [5, 5.41) is 9.54. The summed E-state index contributed by atoms with van der Waals surface area (Å²) in [4.78, 5) is 24.9. The van der Waals surface area contributed by atoms with Crippen molar-refractivity contribution in [2.24, 2.45) is 11.8 Å². The molecule has 0 aromatic heterocycles. The van der Waals surface area contributed by atoms with E-state index in [0.717, 1.165) is 5.56 Å². The van der Waals surface area contributed by atoms with Crippen molar-refractivity contribution in [1.82, 2.24) is 4.90 Å². The summed E-state index contributed by atoms with van der Waals surface area (Å²) >= 11 is 6.16. The Morgan fingerprint density at radius 3 is 2.71 bits per heavy atom. The Morgan fingerprint density at radius 1 is 1.29 bits per heavy atom. The zero-order valence-electron chi connectivity index (χ0n) is 11.4. The van der Waals surface area contributed by atoms with E-state index in [1.807, 2.05) is 18.2 Å². The SMILES string of the molecule is O=C(O)[C@@H]1C[C@@H]1C(=O)N1CCO[C@H](c2ccccc2Cl)C1. The number of rotatable bonds is 3. The average Bonchev–Trinajstić information content (AvgIpc) is 3.28. The molecule has 1 aromatic rings. The molecule has 112 valence electrons. The van der Waals surface area contributed by atoms with E-state index in [1.54, 1.807) is 11.0 Å². The van der Waals surface area contributed by atoms with Crippen molar-refractivity contribution in [2.75, 3.05) is 19.7 Å². The van der Waals surface area contributed by atoms with Crippen LogP contribution in [0.5, 0.6) is 0 Å². The van der Waals surface area contributed by atoms with Crippen LogP contribution in [0.25, 0.3) is 0 Å². The van der Waals surface area contributed by atoms with Crippen molar-refractivity contribution < 1.29 is 19.4 Å². The van der Waals surface area contributed by atoms with Crippen molar-refractivity contribution in [1.29, 1.82) is 0 Å². The number of carbonyl (C=O) groups excluding carboxylic acids is 1. The van der Waals surface area contributed by atoms with Gasteiger partial charge in [0.25, 0.3) is 0 Å². The van der Waals surface area contributed by atoms with Gasteiger partial charge >= 0.3 is 5.97 Å². The standard InChI is InChI=1S/C15H16ClNO4/c16-12-4-2-1-3-9(12)13-8-17(5-6-21-13)14(18)10-7-11(10)15(19)20/h1-4,10-11,13H,5-8H2,(H,19,20)/t10-,11+,13-/m0/s1. The number of hydrogen-bond acceptors (Lipinski definition) is 3. The summed E-state index contributed by atoms with van der Waals surface area (Å²) in [7, 11) is 0. The summed E-state index contributed by atoms with van der Waals surface area (Å²) < 4.78 is 5.71. The van der Waals surface area contributed by atoms with Crippen molar-refractivity contribution in [3.8, 4) is 0 Å². The zero-order valence-corrected chi connectivity index (χ0v) is 12.1. The van der Waals surface area contributed by atoms with Gasteiger partial charge in [0, 0.05) is 17.1 Å². The van der Waals surface area contributed by atoms with Crippen LogP contribution in [-0.2, 0) is 14.3 Å². The van der Waals surface area contributed by atoms with E-state index in [9.17, 15) is 9.59 Å². The number of nitrogens with zero attached hydrogens (tertiary/aromatic N) is 1. The Labute approximate surface area is 127 Å². The van der Waals surface area contributed by atoms with Crippen molar-refractivity contribution >= 4 is 23.5 Å². The number of carbonyl (C=O) groups is 2. The maximum Gasteiger partial charge on any atom is 0.307 e. The Bertz CT molecular complexity index is 577. The minimum Gasteiger partial charge on any atom is -0.481 e. The second-order valence-electron chi connectivity index (χ2n) is 5.45. The highest BCUT2D eigenvalue weighted by molar-refractivity contribution is 6.31. The third-order valence-electron chi connectivity index (χ3n) is 4.06. The molecule has 0 bridgehead atoms. The number of carboxylic acid groups (broad SMARTS) is 1. The Hall–Kier alpha value is -1.59. The van der Waals surface area contributed by atoms with E-state index in [1.165, 1.54) is 0 Å². The van der Waals surface area contributed by atoms with Gasteiger partial charge < -0.3 is 14.7 Å². The minimum atomic E-state index is -0.885. The van der Waals surface area contributed by atoms with Crippen molar-refractivity contribution in [3.05, 3.63) is 34.9 Å². The molecule has 1 aromatic carbocycles. The molecular formula is C15H16ClNO4. The van der Waals surface area contributed by atoms with Crippen molar-refractivity contribution in [2.45, 2.75) is 12.5 Å². The molecule has 2 fully saturated rings. The highest BCUT2D eigenvalue weighted by atomic mass is 35.5. The Balaban J connectivity index is 1.68. The second kappa shape index (κ2) is 5.66. The molecule has 21 heavy (non-hydrogen) atoms. The summed E-state index contributed by atoms with van der Waals surface area (Å²) in [6.45, 7) is 1.36. The summed E-state index contributed by atoms with van der Waals surface area (Å²) in [5.74, 6) is -1.85. The molecule has 1 aliphatic carbocycles. The van der Waals surface area contributed by atoms with Crippen molar-refractivity contribution in [3.63, 3.8) is 0 Å². The van der Waals surface area contributed by atoms with Gasteiger partial charge in [-0.05, 0) is 12.5 Å². The van der Waals surface area contributed by atoms with Gasteiger partial charge in [-0.25, -0.2) is 0 Å². The highest BCUT2D eigenvalue weighted by Gasteiger charge is 2.50. The van der Waals surface area contributed by atoms with Crippen LogP contribution in [0.15, 0.2) is 24.3 Å². The lowest BCUT2D eigenvalue weighted by molar-refractivity contribution is -0.145. The average molecular weight is 310 g/mol. The summed E-state index contributed by atoms with van der Waals surface area (Å²) in [5.41, 5.74) is 0.863. The number of aliphatic carboxylic acids is 1. The molecule has 0 radical (unpaired) electrons. The molecule has 3 rings (SSSR count). The van der Waals surface area contributed by atoms with Gasteiger partial charge in [0.05, 0.1) is 25.0 Å².